The molecular formula is C28H39N7O9. The Morgan fingerprint density at radius 1 is 0.864 bits per heavy atom. The fourth-order valence-electron chi connectivity index (χ4n) is 4.07. The Balaban J connectivity index is 2.15. The molecule has 6 atom stereocenters. The van der Waals surface area contributed by atoms with Crippen LogP contribution in [0.15, 0.2) is 36.8 Å². The lowest BCUT2D eigenvalue weighted by Crippen LogP contribution is -2.59. The first-order chi connectivity index (χ1) is 20.7. The third-order valence-corrected chi connectivity index (χ3v) is 6.88. The number of carbonyl (C=O) groups is 6. The lowest BCUT2D eigenvalue weighted by atomic mass is 9.97. The molecule has 1 aromatic heterocycles. The average Bonchev–Trinajstić information content (AvgIpc) is 3.48. The van der Waals surface area contributed by atoms with Gasteiger partial charge < -0.3 is 47.3 Å². The Bertz CT molecular complexity index is 1300. The Morgan fingerprint density at radius 3 is 2.05 bits per heavy atom. The number of nitrogens with one attached hydrogen (secondary N) is 5. The van der Waals surface area contributed by atoms with Gasteiger partial charge in [0.05, 0.1) is 18.8 Å². The van der Waals surface area contributed by atoms with Crippen molar-refractivity contribution in [1.82, 2.24) is 31.2 Å². The standard InChI is InChI=1S/C28H39N7O9/c1-4-14(2)23(27(42)34-21(28(43)44)10-17-12-30-13-31-17)35-24(39)15(3)32-26(41)20(9-16-5-7-18(36)8-6-16)33-25(40)19(29)11-22(37)38/h5-8,12-15,19-21,23,36H,4,9-11,29H2,1-3H3,(H,30,31)(H,32,41)(H,33,40)(H,34,42)(H,35,39)(H,37,38)(H,43,44)/t14-,15-,19-,20-,21-,23-/m0/s1. The Labute approximate surface area is 253 Å². The van der Waals surface area contributed by atoms with Crippen molar-refractivity contribution >= 4 is 35.6 Å². The molecule has 0 fully saturated rings. The van der Waals surface area contributed by atoms with Gasteiger partial charge in [0.25, 0.3) is 0 Å². The van der Waals surface area contributed by atoms with Crippen LogP contribution in [0, 0.1) is 5.92 Å². The van der Waals surface area contributed by atoms with E-state index >= 15 is 0 Å². The molecule has 44 heavy (non-hydrogen) atoms. The highest BCUT2D eigenvalue weighted by Crippen LogP contribution is 2.13. The number of nitrogens with two attached hydrogens (primary N) is 1. The van der Waals surface area contributed by atoms with Gasteiger partial charge in [-0.1, -0.05) is 32.4 Å². The third kappa shape index (κ3) is 11.0. The number of phenolic OH excluding ortho intramolecular Hbond substituents is 1. The monoisotopic (exact) mass is 617 g/mol. The number of nitrogens with zero attached hydrogens (tertiary/aromatic N) is 1. The maximum Gasteiger partial charge on any atom is 0.326 e. The first-order valence-corrected chi connectivity index (χ1v) is 13.9. The molecule has 2 aromatic rings. The lowest BCUT2D eigenvalue weighted by Gasteiger charge is -2.27. The summed E-state index contributed by atoms with van der Waals surface area (Å²) in [7, 11) is 0. The van der Waals surface area contributed by atoms with Crippen LogP contribution in [0.5, 0.6) is 5.75 Å². The summed E-state index contributed by atoms with van der Waals surface area (Å²) < 4.78 is 0. The zero-order valence-corrected chi connectivity index (χ0v) is 24.6. The van der Waals surface area contributed by atoms with E-state index in [1.165, 1.54) is 43.7 Å². The van der Waals surface area contributed by atoms with Crippen molar-refractivity contribution in [3.63, 3.8) is 0 Å². The van der Waals surface area contributed by atoms with Gasteiger partial charge >= 0.3 is 11.9 Å². The van der Waals surface area contributed by atoms with Crippen LogP contribution in [0.1, 0.15) is 44.9 Å². The topological polar surface area (TPSA) is 266 Å². The molecule has 1 heterocycles. The van der Waals surface area contributed by atoms with E-state index in [9.17, 15) is 39.0 Å². The number of carboxylic acid groups (broad SMARTS) is 2. The van der Waals surface area contributed by atoms with Crippen LogP contribution in [-0.4, -0.2) is 91.1 Å². The fraction of sp³-hybridized carbons (Fsp3) is 0.464. The summed E-state index contributed by atoms with van der Waals surface area (Å²) in [5.41, 5.74) is 6.66. The maximum atomic E-state index is 13.2. The number of hydrogen-bond donors (Lipinski definition) is 9. The number of rotatable bonds is 17. The van der Waals surface area contributed by atoms with Crippen LogP contribution in [0.2, 0.25) is 0 Å². The quantitative estimate of drug-likeness (QED) is 0.102. The summed E-state index contributed by atoms with van der Waals surface area (Å²) in [6.07, 6.45) is 2.42. The molecule has 0 saturated carbocycles. The number of hydrogen-bond acceptors (Lipinski definition) is 9. The Morgan fingerprint density at radius 2 is 1.50 bits per heavy atom. The van der Waals surface area contributed by atoms with Gasteiger partial charge in [0.15, 0.2) is 0 Å². The largest absolute Gasteiger partial charge is 0.508 e. The molecule has 0 unspecified atom stereocenters. The molecule has 4 amide bonds. The van der Waals surface area contributed by atoms with Gasteiger partial charge in [-0.2, -0.15) is 0 Å². The van der Waals surface area contributed by atoms with Gasteiger partial charge in [-0.25, -0.2) is 9.78 Å². The highest BCUT2D eigenvalue weighted by molar-refractivity contribution is 5.96. The molecule has 2 rings (SSSR count). The van der Waals surface area contributed by atoms with Crippen molar-refractivity contribution < 1.29 is 44.1 Å². The molecule has 0 aliphatic rings. The van der Waals surface area contributed by atoms with Crippen molar-refractivity contribution in [3.8, 4) is 5.75 Å². The predicted octanol–water partition coefficient (Wildman–Crippen LogP) is -1.21. The van der Waals surface area contributed by atoms with Crippen molar-refractivity contribution in [2.75, 3.05) is 0 Å². The summed E-state index contributed by atoms with van der Waals surface area (Å²) in [6, 6.07) is -0.602. The summed E-state index contributed by atoms with van der Waals surface area (Å²) in [5, 5.41) is 38.0. The van der Waals surface area contributed by atoms with E-state index in [-0.39, 0.29) is 18.6 Å². The highest BCUT2D eigenvalue weighted by atomic mass is 16.4. The second kappa shape index (κ2) is 16.6. The number of aromatic hydroxyl groups is 1. The van der Waals surface area contributed by atoms with Crippen molar-refractivity contribution in [2.45, 2.75) is 76.7 Å². The minimum absolute atomic E-state index is 0.0246. The van der Waals surface area contributed by atoms with E-state index < -0.39 is 78.1 Å². The molecule has 16 heteroatoms. The number of carbonyl (C=O) groups excluding carboxylic acids is 4. The van der Waals surface area contributed by atoms with Crippen LogP contribution < -0.4 is 27.0 Å². The fourth-order valence-corrected chi connectivity index (χ4v) is 4.07. The van der Waals surface area contributed by atoms with E-state index in [0.29, 0.717) is 17.7 Å². The van der Waals surface area contributed by atoms with Crippen molar-refractivity contribution in [3.05, 3.63) is 48.0 Å². The van der Waals surface area contributed by atoms with Gasteiger partial charge in [0.2, 0.25) is 23.6 Å². The van der Waals surface area contributed by atoms with Crippen LogP contribution in [-0.2, 0) is 41.6 Å². The number of carboxylic acids is 2. The van der Waals surface area contributed by atoms with Gasteiger partial charge in [0.1, 0.15) is 29.9 Å². The van der Waals surface area contributed by atoms with Gasteiger partial charge in [-0.05, 0) is 30.5 Å². The molecule has 1 aromatic carbocycles. The number of H-pyrrole nitrogens is 1. The summed E-state index contributed by atoms with van der Waals surface area (Å²) in [4.78, 5) is 81.4. The van der Waals surface area contributed by atoms with Gasteiger partial charge in [-0.15, -0.1) is 0 Å². The van der Waals surface area contributed by atoms with Crippen molar-refractivity contribution in [1.29, 1.82) is 0 Å². The van der Waals surface area contributed by atoms with Gasteiger partial charge in [-0.3, -0.25) is 24.0 Å². The minimum Gasteiger partial charge on any atom is -0.508 e. The molecular weight excluding hydrogens is 578 g/mol. The molecule has 0 spiro atoms. The SMILES string of the molecule is CC[C@H](C)[C@H](NC(=O)[C@H](C)NC(=O)[C@H](Cc1ccc(O)cc1)NC(=O)[C@@H](N)CC(=O)O)C(=O)N[C@@H](Cc1cnc[nH]1)C(=O)O. The average molecular weight is 618 g/mol. The number of benzene rings is 1. The zero-order valence-electron chi connectivity index (χ0n) is 24.6. The first-order valence-electron chi connectivity index (χ1n) is 13.9. The number of aromatic nitrogens is 2. The number of imidazole rings is 1. The second-order valence-corrected chi connectivity index (χ2v) is 10.4. The van der Waals surface area contributed by atoms with E-state index in [4.69, 9.17) is 10.8 Å². The molecule has 10 N–H and O–H groups in total. The molecule has 0 radical (unpaired) electrons. The summed E-state index contributed by atoms with van der Waals surface area (Å²) in [5.74, 6) is -6.23. The van der Waals surface area contributed by atoms with Gasteiger partial charge in [0, 0.05) is 24.7 Å². The number of aliphatic carboxylic acids is 2. The Kier molecular flexibility index (Phi) is 13.3. The second-order valence-electron chi connectivity index (χ2n) is 10.4. The van der Waals surface area contributed by atoms with Crippen LogP contribution >= 0.6 is 0 Å². The normalized spacial score (nSPS) is 15.0. The smallest absolute Gasteiger partial charge is 0.326 e. The van der Waals surface area contributed by atoms with E-state index in [1.807, 2.05) is 0 Å². The molecule has 240 valence electrons. The van der Waals surface area contributed by atoms with Crippen LogP contribution in [0.25, 0.3) is 0 Å². The first kappa shape index (κ1) is 35.2. The summed E-state index contributed by atoms with van der Waals surface area (Å²) >= 11 is 0. The van der Waals surface area contributed by atoms with Crippen LogP contribution in [0.4, 0.5) is 0 Å². The molecule has 0 bridgehead atoms. The Hall–Kier alpha value is -4.99. The predicted molar refractivity (Wildman–Crippen MR) is 155 cm³/mol. The van der Waals surface area contributed by atoms with Crippen LogP contribution in [0.3, 0.4) is 0 Å². The number of phenols is 1. The zero-order chi connectivity index (χ0) is 33.0. The lowest BCUT2D eigenvalue weighted by molar-refractivity contribution is -0.142. The molecule has 0 saturated heterocycles. The third-order valence-electron chi connectivity index (χ3n) is 6.88. The summed E-state index contributed by atoms with van der Waals surface area (Å²) in [6.45, 7) is 4.84. The highest BCUT2D eigenvalue weighted by Gasteiger charge is 2.33. The maximum absolute atomic E-state index is 13.2. The van der Waals surface area contributed by atoms with E-state index in [2.05, 4.69) is 31.2 Å². The number of aromatic amines is 1. The number of amides is 4. The van der Waals surface area contributed by atoms with E-state index in [1.54, 1.807) is 13.8 Å². The van der Waals surface area contributed by atoms with E-state index in [0.717, 1.165) is 0 Å². The van der Waals surface area contributed by atoms with Crippen molar-refractivity contribution in [2.24, 2.45) is 11.7 Å². The molecule has 16 nitrogen and oxygen atoms in total. The molecule has 0 aliphatic heterocycles. The minimum atomic E-state index is -1.44. The molecule has 0 aliphatic carbocycles.